The highest BCUT2D eigenvalue weighted by molar-refractivity contribution is 7.99. The van der Waals surface area contributed by atoms with Crippen molar-refractivity contribution >= 4 is 28.6 Å². The number of fused-ring (bicyclic) bond motifs is 1. The van der Waals surface area contributed by atoms with Gasteiger partial charge >= 0.3 is 5.97 Å². The molecule has 1 fully saturated rings. The summed E-state index contributed by atoms with van der Waals surface area (Å²) in [7, 11) is 2.97. The second-order valence-electron chi connectivity index (χ2n) is 9.40. The van der Waals surface area contributed by atoms with E-state index in [0.717, 1.165) is 31.6 Å². The number of carbonyl (C=O) groups is 1. The summed E-state index contributed by atoms with van der Waals surface area (Å²) in [6.45, 7) is 2.05. The number of esters is 1. The first kappa shape index (κ1) is 27.3. The van der Waals surface area contributed by atoms with Gasteiger partial charge in [-0.25, -0.2) is 13.2 Å². The number of thioether (sulfide) groups is 1. The molecule has 0 bridgehead atoms. The Labute approximate surface area is 219 Å². The number of aromatic nitrogens is 1. The Morgan fingerprint density at radius 2 is 1.95 bits per heavy atom. The topological polar surface area (TPSA) is 51.7 Å². The molecule has 5 nitrogen and oxygen atoms in total. The Hall–Kier alpha value is -2.78. The van der Waals surface area contributed by atoms with E-state index in [1.807, 2.05) is 6.07 Å². The Kier molecular flexibility index (Phi) is 8.97. The molecule has 0 N–H and O–H groups in total. The van der Waals surface area contributed by atoms with E-state index >= 15 is 0 Å². The van der Waals surface area contributed by atoms with Crippen molar-refractivity contribution < 1.29 is 27.4 Å². The lowest BCUT2D eigenvalue weighted by Gasteiger charge is -2.27. The van der Waals surface area contributed by atoms with Crippen LogP contribution in [0.1, 0.15) is 31.2 Å². The van der Waals surface area contributed by atoms with Crippen LogP contribution in [0.5, 0.6) is 5.75 Å². The molecule has 1 aliphatic heterocycles. The van der Waals surface area contributed by atoms with Crippen LogP contribution in [-0.2, 0) is 16.0 Å². The quantitative estimate of drug-likeness (QED) is 0.171. The second kappa shape index (κ2) is 12.2. The first-order valence-corrected chi connectivity index (χ1v) is 13.3. The summed E-state index contributed by atoms with van der Waals surface area (Å²) in [6.07, 6.45) is 4.34. The summed E-state index contributed by atoms with van der Waals surface area (Å²) in [5, 5.41) is 0.715. The minimum Gasteiger partial charge on any atom is -0.497 e. The highest BCUT2D eigenvalue weighted by atomic mass is 32.2. The van der Waals surface area contributed by atoms with Crippen molar-refractivity contribution in [1.29, 1.82) is 0 Å². The zero-order valence-electron chi connectivity index (χ0n) is 21.1. The van der Waals surface area contributed by atoms with Crippen molar-refractivity contribution in [2.45, 2.75) is 37.0 Å². The lowest BCUT2D eigenvalue weighted by Crippen LogP contribution is -2.36. The molecule has 198 valence electrons. The number of pyridine rings is 1. The number of likely N-dealkylation sites (tertiary alicyclic amines) is 1. The van der Waals surface area contributed by atoms with E-state index in [2.05, 4.69) is 9.88 Å². The van der Waals surface area contributed by atoms with Gasteiger partial charge in [0.05, 0.1) is 31.3 Å². The molecule has 0 aliphatic carbocycles. The van der Waals surface area contributed by atoms with E-state index in [9.17, 15) is 18.0 Å². The predicted molar refractivity (Wildman–Crippen MR) is 138 cm³/mol. The Balaban J connectivity index is 1.35. The number of aryl methyl sites for hydroxylation is 1. The number of rotatable bonds is 11. The number of benzene rings is 2. The molecule has 9 heteroatoms. The SMILES string of the molecule is COC(=O)C1(CCCc2c(F)cnc3ccc(OC)cc23)CCN(CCCSc2cc(F)ccc2F)C1. The van der Waals surface area contributed by atoms with Crippen LogP contribution in [0.2, 0.25) is 0 Å². The van der Waals surface area contributed by atoms with Crippen LogP contribution < -0.4 is 4.74 Å². The number of methoxy groups -OCH3 is 2. The third-order valence-electron chi connectivity index (χ3n) is 7.04. The van der Waals surface area contributed by atoms with Gasteiger partial charge in [0, 0.05) is 16.8 Å². The largest absolute Gasteiger partial charge is 0.497 e. The highest BCUT2D eigenvalue weighted by Gasteiger charge is 2.44. The average Bonchev–Trinajstić information content (AvgIpc) is 3.33. The summed E-state index contributed by atoms with van der Waals surface area (Å²) < 4.78 is 52.4. The van der Waals surface area contributed by atoms with Crippen LogP contribution >= 0.6 is 11.8 Å². The van der Waals surface area contributed by atoms with Gasteiger partial charge < -0.3 is 14.4 Å². The van der Waals surface area contributed by atoms with Gasteiger partial charge in [0.25, 0.3) is 0 Å². The third-order valence-corrected chi connectivity index (χ3v) is 8.15. The van der Waals surface area contributed by atoms with Crippen LogP contribution in [0.25, 0.3) is 10.9 Å². The lowest BCUT2D eigenvalue weighted by molar-refractivity contribution is -0.152. The molecule has 0 saturated carbocycles. The fraction of sp³-hybridized carbons (Fsp3) is 0.429. The Morgan fingerprint density at radius 3 is 2.73 bits per heavy atom. The molecule has 1 aliphatic rings. The normalized spacial score (nSPS) is 17.9. The number of carbonyl (C=O) groups excluding carboxylic acids is 1. The minimum atomic E-state index is -0.645. The van der Waals surface area contributed by atoms with E-state index in [-0.39, 0.29) is 11.8 Å². The molecular weight excluding hydrogens is 501 g/mol. The molecule has 37 heavy (non-hydrogen) atoms. The molecule has 2 heterocycles. The predicted octanol–water partition coefficient (Wildman–Crippen LogP) is 6.03. The molecular formula is C28H31F3N2O3S. The number of hydrogen-bond donors (Lipinski definition) is 0. The summed E-state index contributed by atoms with van der Waals surface area (Å²) in [4.78, 5) is 19.5. The van der Waals surface area contributed by atoms with Gasteiger partial charge in [0.1, 0.15) is 23.2 Å². The molecule has 0 radical (unpaired) electrons. The number of hydrogen-bond acceptors (Lipinski definition) is 6. The fourth-order valence-corrected chi connectivity index (χ4v) is 5.98. The van der Waals surface area contributed by atoms with E-state index in [4.69, 9.17) is 9.47 Å². The van der Waals surface area contributed by atoms with Gasteiger partial charge in [-0.2, -0.15) is 0 Å². The maximum absolute atomic E-state index is 14.7. The van der Waals surface area contributed by atoms with E-state index < -0.39 is 17.0 Å². The molecule has 1 aromatic heterocycles. The molecule has 1 saturated heterocycles. The maximum Gasteiger partial charge on any atom is 0.313 e. The first-order valence-electron chi connectivity index (χ1n) is 12.3. The molecule has 0 amide bonds. The highest BCUT2D eigenvalue weighted by Crippen LogP contribution is 2.38. The second-order valence-corrected chi connectivity index (χ2v) is 10.5. The van der Waals surface area contributed by atoms with Crippen molar-refractivity contribution in [3.05, 3.63) is 65.6 Å². The Morgan fingerprint density at radius 1 is 1.11 bits per heavy atom. The Bertz CT molecular complexity index is 1260. The van der Waals surface area contributed by atoms with Crippen LogP contribution in [0.4, 0.5) is 13.2 Å². The first-order chi connectivity index (χ1) is 17.8. The smallest absolute Gasteiger partial charge is 0.313 e. The summed E-state index contributed by atoms with van der Waals surface area (Å²) in [5.74, 6) is -0.211. The number of halogens is 3. The lowest BCUT2D eigenvalue weighted by atomic mass is 9.81. The van der Waals surface area contributed by atoms with E-state index in [0.29, 0.717) is 65.1 Å². The van der Waals surface area contributed by atoms with Crippen LogP contribution in [0, 0.1) is 22.9 Å². The van der Waals surface area contributed by atoms with E-state index in [1.165, 1.54) is 31.1 Å². The van der Waals surface area contributed by atoms with Gasteiger partial charge in [-0.15, -0.1) is 11.8 Å². The summed E-state index contributed by atoms with van der Waals surface area (Å²) in [6, 6.07) is 8.86. The summed E-state index contributed by atoms with van der Waals surface area (Å²) >= 11 is 1.29. The van der Waals surface area contributed by atoms with Gasteiger partial charge in [-0.05, 0) is 92.9 Å². The molecule has 4 rings (SSSR count). The van der Waals surface area contributed by atoms with Crippen molar-refractivity contribution in [3.8, 4) is 5.75 Å². The molecule has 1 unspecified atom stereocenters. The van der Waals surface area contributed by atoms with Gasteiger partial charge in [0.15, 0.2) is 0 Å². The van der Waals surface area contributed by atoms with Crippen LogP contribution in [0.3, 0.4) is 0 Å². The molecule has 3 aromatic rings. The fourth-order valence-electron chi connectivity index (χ4n) is 5.08. The van der Waals surface area contributed by atoms with Gasteiger partial charge in [-0.3, -0.25) is 9.78 Å². The van der Waals surface area contributed by atoms with Crippen molar-refractivity contribution in [3.63, 3.8) is 0 Å². The molecule has 0 spiro atoms. The van der Waals surface area contributed by atoms with Crippen LogP contribution in [-0.4, -0.2) is 55.5 Å². The summed E-state index contributed by atoms with van der Waals surface area (Å²) in [5.41, 5.74) is 0.622. The maximum atomic E-state index is 14.7. The van der Waals surface area contributed by atoms with Crippen molar-refractivity contribution in [2.24, 2.45) is 5.41 Å². The average molecular weight is 533 g/mol. The van der Waals surface area contributed by atoms with E-state index in [1.54, 1.807) is 19.2 Å². The van der Waals surface area contributed by atoms with Crippen molar-refractivity contribution in [2.75, 3.05) is 39.6 Å². The third kappa shape index (κ3) is 6.38. The number of ether oxygens (including phenoxy) is 2. The zero-order chi connectivity index (χ0) is 26.4. The monoisotopic (exact) mass is 532 g/mol. The minimum absolute atomic E-state index is 0.243. The standard InChI is InChI=1S/C28H31F3N2O3S/c1-35-20-7-9-25-22(16-20)21(24(31)17-32-25)5-3-10-28(27(34)36-2)11-13-33(18-28)12-4-14-37-26-15-19(29)6-8-23(26)30/h6-9,15-17H,3-5,10-14,18H2,1-2H3. The van der Waals surface area contributed by atoms with Crippen LogP contribution in [0.15, 0.2) is 47.5 Å². The number of nitrogens with zero attached hydrogens (tertiary/aromatic N) is 2. The van der Waals surface area contributed by atoms with Gasteiger partial charge in [-0.1, -0.05) is 0 Å². The zero-order valence-corrected chi connectivity index (χ0v) is 21.9. The molecule has 1 atom stereocenters. The van der Waals surface area contributed by atoms with Gasteiger partial charge in [0.2, 0.25) is 0 Å². The molecule has 2 aromatic carbocycles. The van der Waals surface area contributed by atoms with Crippen molar-refractivity contribution in [1.82, 2.24) is 9.88 Å².